The molecule has 1 aromatic heterocycles. The van der Waals surface area contributed by atoms with Gasteiger partial charge in [-0.15, -0.1) is 0 Å². The molecule has 0 saturated carbocycles. The maximum Gasteiger partial charge on any atom is 0.319 e. The number of aliphatic hydroxyl groups is 1. The van der Waals surface area contributed by atoms with E-state index < -0.39 is 0 Å². The van der Waals surface area contributed by atoms with Gasteiger partial charge in [-0.1, -0.05) is 19.8 Å². The summed E-state index contributed by atoms with van der Waals surface area (Å²) in [6.07, 6.45) is 8.74. The molecule has 1 saturated heterocycles. The number of benzene rings is 3. The first-order valence-electron chi connectivity index (χ1n) is 15.9. The van der Waals surface area contributed by atoms with Crippen LogP contribution >= 0.6 is 0 Å². The molecule has 2 heterocycles. The fourth-order valence-electron chi connectivity index (χ4n) is 5.33. The summed E-state index contributed by atoms with van der Waals surface area (Å²) in [7, 11) is 1.54. The summed E-state index contributed by atoms with van der Waals surface area (Å²) in [6.45, 7) is 5.43. The van der Waals surface area contributed by atoms with Crippen molar-refractivity contribution in [3.05, 3.63) is 96.3 Å². The average molecular weight is 626 g/mol. The van der Waals surface area contributed by atoms with E-state index in [0.717, 1.165) is 57.4 Å². The molecule has 0 radical (unpaired) electrons. The van der Waals surface area contributed by atoms with Crippen LogP contribution in [0.5, 0.6) is 17.2 Å². The zero-order chi connectivity index (χ0) is 32.3. The third kappa shape index (κ3) is 9.12. The molecule has 242 valence electrons. The fraction of sp³-hybridized carbons (Fsp3) is 0.333. The van der Waals surface area contributed by atoms with E-state index in [1.807, 2.05) is 30.5 Å². The summed E-state index contributed by atoms with van der Waals surface area (Å²) in [6, 6.07) is 21.6. The smallest absolute Gasteiger partial charge is 0.319 e. The van der Waals surface area contributed by atoms with Crippen molar-refractivity contribution in [1.82, 2.24) is 14.8 Å². The van der Waals surface area contributed by atoms with Crippen molar-refractivity contribution in [3.8, 4) is 22.9 Å². The van der Waals surface area contributed by atoms with Crippen LogP contribution in [0.15, 0.2) is 85.2 Å². The minimum atomic E-state index is -0.262. The molecule has 10 nitrogen and oxygen atoms in total. The molecule has 1 aliphatic heterocycles. The second kappa shape index (κ2) is 16.0. The van der Waals surface area contributed by atoms with Crippen LogP contribution in [0.4, 0.5) is 16.2 Å². The second-order valence-electron chi connectivity index (χ2n) is 11.5. The third-order valence-electron chi connectivity index (χ3n) is 7.97. The van der Waals surface area contributed by atoms with E-state index in [-0.39, 0.29) is 18.0 Å². The number of aliphatic hydroxyl groups excluding tert-OH is 1. The quantitative estimate of drug-likeness (QED) is 0.122. The van der Waals surface area contributed by atoms with Gasteiger partial charge in [0, 0.05) is 67.3 Å². The number of piperidine rings is 1. The molecular weight excluding hydrogens is 582 g/mol. The molecule has 1 fully saturated rings. The Morgan fingerprint density at radius 2 is 1.63 bits per heavy atom. The summed E-state index contributed by atoms with van der Waals surface area (Å²) >= 11 is 0. The summed E-state index contributed by atoms with van der Waals surface area (Å²) in [4.78, 5) is 27.5. The van der Waals surface area contributed by atoms with E-state index in [4.69, 9.17) is 9.47 Å². The van der Waals surface area contributed by atoms with E-state index in [1.54, 1.807) is 49.6 Å². The third-order valence-corrected chi connectivity index (χ3v) is 7.97. The topological polar surface area (TPSA) is 117 Å². The molecule has 10 heteroatoms. The summed E-state index contributed by atoms with van der Waals surface area (Å²) < 4.78 is 13.6. The summed E-state index contributed by atoms with van der Waals surface area (Å²) in [5, 5.41) is 18.3. The zero-order valence-electron chi connectivity index (χ0n) is 26.5. The Balaban J connectivity index is 1.12. The highest BCUT2D eigenvalue weighted by molar-refractivity contribution is 6.04. The van der Waals surface area contributed by atoms with Gasteiger partial charge in [0.1, 0.15) is 5.75 Å². The normalized spacial score (nSPS) is 13.6. The van der Waals surface area contributed by atoms with Crippen molar-refractivity contribution in [3.63, 3.8) is 0 Å². The summed E-state index contributed by atoms with van der Waals surface area (Å²) in [5.74, 6) is 1.33. The summed E-state index contributed by atoms with van der Waals surface area (Å²) in [5.41, 5.74) is 3.98. The number of likely N-dealkylation sites (tertiary alicyclic amines) is 1. The molecular formula is C36H43N5O5. The van der Waals surface area contributed by atoms with Crippen LogP contribution in [0.25, 0.3) is 5.69 Å². The van der Waals surface area contributed by atoms with Gasteiger partial charge >= 0.3 is 6.03 Å². The second-order valence-corrected chi connectivity index (χ2v) is 11.5. The maximum absolute atomic E-state index is 12.9. The lowest BCUT2D eigenvalue weighted by Crippen LogP contribution is -2.35. The first-order chi connectivity index (χ1) is 22.4. The van der Waals surface area contributed by atoms with Crippen molar-refractivity contribution in [1.29, 1.82) is 0 Å². The van der Waals surface area contributed by atoms with Gasteiger partial charge in [-0.2, -0.15) is 0 Å². The molecule has 0 aliphatic carbocycles. The Hall–Kier alpha value is -4.80. The molecule has 1 aliphatic rings. The molecule has 4 N–H and O–H groups in total. The van der Waals surface area contributed by atoms with Crippen LogP contribution in [-0.2, 0) is 6.54 Å². The maximum atomic E-state index is 12.9. The van der Waals surface area contributed by atoms with Crippen molar-refractivity contribution in [2.24, 2.45) is 0 Å². The number of carbonyl (C=O) groups is 2. The minimum absolute atomic E-state index is 0.172. The predicted molar refractivity (Wildman–Crippen MR) is 180 cm³/mol. The van der Waals surface area contributed by atoms with Gasteiger partial charge in [-0.3, -0.25) is 9.69 Å². The lowest BCUT2D eigenvalue weighted by atomic mass is 10.1. The van der Waals surface area contributed by atoms with Crippen LogP contribution in [0.1, 0.15) is 54.9 Å². The van der Waals surface area contributed by atoms with E-state index >= 15 is 0 Å². The van der Waals surface area contributed by atoms with Crippen LogP contribution in [0, 0.1) is 0 Å². The number of aromatic nitrogens is 1. The number of urea groups is 1. The fourth-order valence-corrected chi connectivity index (χ4v) is 5.33. The Kier molecular flexibility index (Phi) is 11.3. The Morgan fingerprint density at radius 1 is 0.891 bits per heavy atom. The predicted octanol–water partition coefficient (Wildman–Crippen LogP) is 6.80. The van der Waals surface area contributed by atoms with Crippen LogP contribution in [-0.4, -0.2) is 59.4 Å². The Bertz CT molecular complexity index is 1580. The number of hydrogen-bond acceptors (Lipinski definition) is 6. The average Bonchev–Trinajstić information content (AvgIpc) is 3.54. The molecule has 3 aromatic carbocycles. The molecule has 4 aromatic rings. The van der Waals surface area contributed by atoms with Gasteiger partial charge in [-0.05, 0) is 91.6 Å². The lowest BCUT2D eigenvalue weighted by molar-refractivity contribution is 0.0792. The van der Waals surface area contributed by atoms with Gasteiger partial charge in [-0.25, -0.2) is 4.79 Å². The largest absolute Gasteiger partial charge is 0.493 e. The number of rotatable bonds is 13. The first kappa shape index (κ1) is 32.6. The van der Waals surface area contributed by atoms with Crippen molar-refractivity contribution in [2.45, 2.75) is 51.7 Å². The first-order valence-corrected chi connectivity index (χ1v) is 15.9. The molecule has 5 rings (SSSR count). The zero-order valence-corrected chi connectivity index (χ0v) is 26.5. The van der Waals surface area contributed by atoms with E-state index in [1.165, 1.54) is 5.56 Å². The van der Waals surface area contributed by atoms with Crippen LogP contribution in [0.3, 0.4) is 0 Å². The number of nitrogens with one attached hydrogen (secondary N) is 3. The SMILES string of the molecule is CCCCCNC(=O)Nc1ccc(Oc2ccc(NC(=O)c3ccc(-n4ccc(CN5CCC(O)CC5)c4)cc3)cc2)c(OC)c1. The number of amides is 3. The van der Waals surface area contributed by atoms with Crippen molar-refractivity contribution < 1.29 is 24.2 Å². The number of carbonyl (C=O) groups excluding carboxylic acids is 2. The monoisotopic (exact) mass is 625 g/mol. The highest BCUT2D eigenvalue weighted by Crippen LogP contribution is 2.34. The minimum Gasteiger partial charge on any atom is -0.493 e. The number of methoxy groups -OCH3 is 1. The number of ether oxygens (including phenoxy) is 2. The number of nitrogens with zero attached hydrogens (tertiary/aromatic N) is 2. The highest BCUT2D eigenvalue weighted by atomic mass is 16.5. The molecule has 0 spiro atoms. The van der Waals surface area contributed by atoms with E-state index in [9.17, 15) is 14.7 Å². The molecule has 46 heavy (non-hydrogen) atoms. The van der Waals surface area contributed by atoms with Gasteiger partial charge in [0.15, 0.2) is 11.5 Å². The molecule has 0 atom stereocenters. The number of unbranched alkanes of at least 4 members (excludes halogenated alkanes) is 2. The molecule has 0 bridgehead atoms. The van der Waals surface area contributed by atoms with Gasteiger partial charge in [0.2, 0.25) is 0 Å². The van der Waals surface area contributed by atoms with Crippen molar-refractivity contribution >= 4 is 23.3 Å². The lowest BCUT2D eigenvalue weighted by Gasteiger charge is -2.29. The van der Waals surface area contributed by atoms with Crippen molar-refractivity contribution in [2.75, 3.05) is 37.4 Å². The molecule has 3 amide bonds. The number of hydrogen-bond donors (Lipinski definition) is 4. The Labute approximate surface area is 270 Å². The Morgan fingerprint density at radius 3 is 2.35 bits per heavy atom. The van der Waals surface area contributed by atoms with Gasteiger partial charge in [0.05, 0.1) is 13.2 Å². The van der Waals surface area contributed by atoms with Crippen LogP contribution < -0.4 is 25.4 Å². The highest BCUT2D eigenvalue weighted by Gasteiger charge is 2.17. The van der Waals surface area contributed by atoms with E-state index in [0.29, 0.717) is 40.7 Å². The van der Waals surface area contributed by atoms with Gasteiger partial charge < -0.3 is 35.1 Å². The van der Waals surface area contributed by atoms with Gasteiger partial charge in [0.25, 0.3) is 5.91 Å². The van der Waals surface area contributed by atoms with Crippen LogP contribution in [0.2, 0.25) is 0 Å². The van der Waals surface area contributed by atoms with E-state index in [2.05, 4.69) is 44.6 Å². The number of anilines is 2. The standard InChI is InChI=1S/C36H43N5O5/c1-3-4-5-19-37-36(44)39-29-10-15-33(34(23-29)45-2)46-32-13-8-28(9-14-32)38-35(43)27-6-11-30(12-7-27)41-22-16-26(25-41)24-40-20-17-31(42)18-21-40/h6-16,22-23,25,31,42H,3-5,17-21,24H2,1-2H3,(H,38,43)(H2,37,39,44). The molecule has 0 unspecified atom stereocenters.